The topological polar surface area (TPSA) is 23.8 Å². The molecular weight excluding hydrogens is 267 g/mol. The fourth-order valence-electron chi connectivity index (χ4n) is 0.915. The minimum absolute atomic E-state index is 0. The van der Waals surface area contributed by atoms with Gasteiger partial charge < -0.3 is 17.0 Å². The standard InChI is InChI=1S/C9H8N.BrH.Zn/c1-8-2-4-9(5-3-8)6-7-10;;/h2-5H,1,6H2;1H;/q;;+1/p-1. The molecule has 58 valence electrons. The number of nitriles is 1. The average Bonchev–Trinajstić information content (AvgIpc) is 2.07. The SMILES string of the molecule is N#CCc1ccc([CH2][Zn+])cc1.[Br-]. The molecule has 3 heteroatoms. The first-order valence-electron chi connectivity index (χ1n) is 3.61. The van der Waals surface area contributed by atoms with Gasteiger partial charge in [-0.05, 0) is 0 Å². The van der Waals surface area contributed by atoms with Crippen LogP contribution in [0.3, 0.4) is 0 Å². The molecular formula is C9H8BrNZn. The minimum atomic E-state index is 0. The van der Waals surface area contributed by atoms with Crippen molar-refractivity contribution < 1.29 is 35.3 Å². The Hall–Kier alpha value is -0.187. The van der Waals surface area contributed by atoms with Crippen molar-refractivity contribution in [2.45, 2.75) is 11.4 Å². The van der Waals surface area contributed by atoms with E-state index in [-0.39, 0.29) is 17.0 Å². The second-order valence-corrected chi connectivity index (χ2v) is 3.45. The van der Waals surface area contributed by atoms with Crippen LogP contribution in [0.15, 0.2) is 24.3 Å². The van der Waals surface area contributed by atoms with Crippen molar-refractivity contribution in [3.8, 4) is 6.07 Å². The molecule has 0 aromatic heterocycles. The van der Waals surface area contributed by atoms with Crippen molar-refractivity contribution >= 4 is 0 Å². The molecule has 0 atom stereocenters. The average molecular weight is 275 g/mol. The monoisotopic (exact) mass is 273 g/mol. The van der Waals surface area contributed by atoms with Crippen LogP contribution in [-0.4, -0.2) is 0 Å². The molecule has 1 rings (SSSR count). The Morgan fingerprint density at radius 1 is 1.17 bits per heavy atom. The van der Waals surface area contributed by atoms with Crippen LogP contribution in [0, 0.1) is 11.3 Å². The predicted molar refractivity (Wildman–Crippen MR) is 39.5 cm³/mol. The molecule has 0 saturated carbocycles. The summed E-state index contributed by atoms with van der Waals surface area (Å²) in [5.74, 6) is 0. The van der Waals surface area contributed by atoms with Gasteiger partial charge in [-0.3, -0.25) is 0 Å². The summed E-state index contributed by atoms with van der Waals surface area (Å²) < 4.78 is 0. The van der Waals surface area contributed by atoms with Crippen molar-refractivity contribution in [2.75, 3.05) is 0 Å². The minimum Gasteiger partial charge on any atom is -1.00 e. The number of hydrogen-bond acceptors (Lipinski definition) is 1. The van der Waals surface area contributed by atoms with Crippen LogP contribution >= 0.6 is 0 Å². The van der Waals surface area contributed by atoms with Crippen molar-refractivity contribution in [3.05, 3.63) is 35.4 Å². The molecule has 0 heterocycles. The normalized spacial score (nSPS) is 8.42. The molecule has 0 bridgehead atoms. The molecule has 0 aliphatic heterocycles. The molecule has 0 amide bonds. The number of nitrogens with zero attached hydrogens (tertiary/aromatic N) is 1. The van der Waals surface area contributed by atoms with Gasteiger partial charge in [0.2, 0.25) is 0 Å². The third kappa shape index (κ3) is 3.47. The fraction of sp³-hybridized carbons (Fsp3) is 0.222. The first-order chi connectivity index (χ1) is 5.36. The van der Waals surface area contributed by atoms with Gasteiger partial charge in [-0.2, -0.15) is 0 Å². The van der Waals surface area contributed by atoms with E-state index in [1.165, 1.54) is 28.9 Å². The molecule has 0 fully saturated rings. The van der Waals surface area contributed by atoms with Gasteiger partial charge in [0.1, 0.15) is 0 Å². The molecule has 0 spiro atoms. The van der Waals surface area contributed by atoms with E-state index < -0.39 is 0 Å². The summed E-state index contributed by atoms with van der Waals surface area (Å²) >= 11 is 1.30. The van der Waals surface area contributed by atoms with Gasteiger partial charge in [-0.25, -0.2) is 0 Å². The summed E-state index contributed by atoms with van der Waals surface area (Å²) in [4.78, 5) is 0. The molecule has 0 N–H and O–H groups in total. The summed E-state index contributed by atoms with van der Waals surface area (Å²) in [7, 11) is 0. The molecule has 0 aliphatic rings. The largest absolute Gasteiger partial charge is 1.00 e. The van der Waals surface area contributed by atoms with E-state index in [0.29, 0.717) is 6.42 Å². The van der Waals surface area contributed by atoms with Crippen molar-refractivity contribution in [1.29, 1.82) is 5.26 Å². The van der Waals surface area contributed by atoms with Gasteiger partial charge in [-0.1, -0.05) is 0 Å². The molecule has 1 aromatic rings. The summed E-state index contributed by atoms with van der Waals surface area (Å²) in [5.41, 5.74) is 2.50. The molecule has 0 unspecified atom stereocenters. The molecule has 0 saturated heterocycles. The zero-order valence-corrected chi connectivity index (χ0v) is 11.3. The molecule has 1 nitrogen and oxygen atoms in total. The van der Waals surface area contributed by atoms with Gasteiger partial charge >= 0.3 is 76.5 Å². The number of hydrogen-bond donors (Lipinski definition) is 0. The second-order valence-electron chi connectivity index (χ2n) is 2.40. The van der Waals surface area contributed by atoms with E-state index >= 15 is 0 Å². The Morgan fingerprint density at radius 3 is 2.08 bits per heavy atom. The zero-order chi connectivity index (χ0) is 8.10. The van der Waals surface area contributed by atoms with Gasteiger partial charge in [-0.15, -0.1) is 0 Å². The Labute approximate surface area is 93.2 Å². The van der Waals surface area contributed by atoms with Crippen molar-refractivity contribution in [3.63, 3.8) is 0 Å². The predicted octanol–water partition coefficient (Wildman–Crippen LogP) is -1.20. The van der Waals surface area contributed by atoms with Crippen molar-refractivity contribution in [1.82, 2.24) is 0 Å². The van der Waals surface area contributed by atoms with Gasteiger partial charge in [0.05, 0.1) is 0 Å². The van der Waals surface area contributed by atoms with Crippen LogP contribution in [0.1, 0.15) is 11.1 Å². The number of halogens is 1. The quantitative estimate of drug-likeness (QED) is 0.622. The second kappa shape index (κ2) is 6.34. The smallest absolute Gasteiger partial charge is 1.00 e. The van der Waals surface area contributed by atoms with E-state index in [0.717, 1.165) is 5.56 Å². The Balaban J connectivity index is 0.00000121. The van der Waals surface area contributed by atoms with E-state index in [1.807, 2.05) is 12.1 Å². The third-order valence-electron chi connectivity index (χ3n) is 1.59. The summed E-state index contributed by atoms with van der Waals surface area (Å²) in [5, 5.41) is 9.59. The Bertz CT molecular complexity index is 263. The summed E-state index contributed by atoms with van der Waals surface area (Å²) in [6.45, 7) is 0. The number of rotatable bonds is 2. The van der Waals surface area contributed by atoms with E-state index in [2.05, 4.69) is 18.2 Å². The maximum Gasteiger partial charge on any atom is -1.00 e. The molecule has 1 aromatic carbocycles. The van der Waals surface area contributed by atoms with Gasteiger partial charge in [0, 0.05) is 0 Å². The van der Waals surface area contributed by atoms with Crippen LogP contribution in [0.25, 0.3) is 0 Å². The van der Waals surface area contributed by atoms with Gasteiger partial charge in [0.15, 0.2) is 0 Å². The summed E-state index contributed by atoms with van der Waals surface area (Å²) in [6.07, 6.45) is 0.528. The summed E-state index contributed by atoms with van der Waals surface area (Å²) in [6, 6.07) is 10.4. The van der Waals surface area contributed by atoms with E-state index in [1.54, 1.807) is 0 Å². The van der Waals surface area contributed by atoms with Crippen LogP contribution in [0.2, 0.25) is 0 Å². The molecule has 12 heavy (non-hydrogen) atoms. The maximum atomic E-state index is 8.40. The first kappa shape index (κ1) is 11.8. The van der Waals surface area contributed by atoms with E-state index in [4.69, 9.17) is 5.26 Å². The maximum absolute atomic E-state index is 8.40. The van der Waals surface area contributed by atoms with Crippen LogP contribution in [0.4, 0.5) is 0 Å². The Kier molecular flexibility index (Phi) is 6.24. The molecule has 0 aliphatic carbocycles. The van der Waals surface area contributed by atoms with Crippen LogP contribution in [0.5, 0.6) is 0 Å². The van der Waals surface area contributed by atoms with Crippen LogP contribution < -0.4 is 17.0 Å². The van der Waals surface area contributed by atoms with Gasteiger partial charge in [0.25, 0.3) is 0 Å². The van der Waals surface area contributed by atoms with Crippen molar-refractivity contribution in [2.24, 2.45) is 0 Å². The number of benzene rings is 1. The molecule has 0 radical (unpaired) electrons. The van der Waals surface area contributed by atoms with Crippen LogP contribution in [-0.2, 0) is 29.7 Å². The fourth-order valence-corrected chi connectivity index (χ4v) is 1.61. The Morgan fingerprint density at radius 2 is 1.67 bits per heavy atom. The zero-order valence-electron chi connectivity index (χ0n) is 6.76. The third-order valence-corrected chi connectivity index (χ3v) is 2.81. The first-order valence-corrected chi connectivity index (χ1v) is 5.70. The van der Waals surface area contributed by atoms with E-state index in [9.17, 15) is 0 Å².